The molecule has 0 bridgehead atoms. The first-order valence-electron chi connectivity index (χ1n) is 5.49. The topological polar surface area (TPSA) is 106 Å². The summed E-state index contributed by atoms with van der Waals surface area (Å²) in [6, 6.07) is 8.23. The van der Waals surface area contributed by atoms with Crippen molar-refractivity contribution in [3.63, 3.8) is 0 Å². The van der Waals surface area contributed by atoms with E-state index in [-0.39, 0.29) is 11.7 Å². The van der Waals surface area contributed by atoms with Crippen molar-refractivity contribution in [1.82, 2.24) is 9.78 Å². The number of nitrogens with two attached hydrogens (primary N) is 1. The third-order valence-corrected chi connectivity index (χ3v) is 2.49. The lowest BCUT2D eigenvalue weighted by molar-refractivity contribution is 0.102. The summed E-state index contributed by atoms with van der Waals surface area (Å²) >= 11 is 0. The van der Waals surface area contributed by atoms with E-state index in [0.717, 1.165) is 0 Å². The smallest absolute Gasteiger partial charge is 0.276 e. The number of nitrogens with zero attached hydrogens (tertiary/aromatic N) is 3. The van der Waals surface area contributed by atoms with E-state index in [4.69, 9.17) is 10.9 Å². The Bertz CT molecular complexity index is 615. The number of amidine groups is 1. The highest BCUT2D eigenvalue weighted by Gasteiger charge is 2.09. The Morgan fingerprint density at radius 3 is 2.58 bits per heavy atom. The Morgan fingerprint density at radius 2 is 2.05 bits per heavy atom. The molecule has 1 heterocycles. The van der Waals surface area contributed by atoms with E-state index in [9.17, 15) is 4.79 Å². The lowest BCUT2D eigenvalue weighted by atomic mass is 10.2. The van der Waals surface area contributed by atoms with Gasteiger partial charge in [0.15, 0.2) is 11.5 Å². The zero-order chi connectivity index (χ0) is 13.8. The van der Waals surface area contributed by atoms with Crippen LogP contribution in [-0.2, 0) is 7.05 Å². The van der Waals surface area contributed by atoms with Gasteiger partial charge in [0.1, 0.15) is 0 Å². The first-order chi connectivity index (χ1) is 9.10. The maximum atomic E-state index is 11.8. The summed E-state index contributed by atoms with van der Waals surface area (Å²) in [5.41, 5.74) is 6.95. The molecule has 0 aliphatic carbocycles. The zero-order valence-electron chi connectivity index (χ0n) is 10.2. The molecule has 0 saturated heterocycles. The van der Waals surface area contributed by atoms with Crippen molar-refractivity contribution >= 4 is 17.4 Å². The maximum Gasteiger partial charge on any atom is 0.276 e. The highest BCUT2D eigenvalue weighted by atomic mass is 16.4. The largest absolute Gasteiger partial charge is 0.409 e. The number of hydrogen-bond donors (Lipinski definition) is 3. The van der Waals surface area contributed by atoms with E-state index in [1.807, 2.05) is 0 Å². The Hall–Kier alpha value is -2.83. The molecule has 4 N–H and O–H groups in total. The van der Waals surface area contributed by atoms with Crippen LogP contribution in [0.2, 0.25) is 0 Å². The average molecular weight is 259 g/mol. The Morgan fingerprint density at radius 1 is 1.37 bits per heavy atom. The highest BCUT2D eigenvalue weighted by molar-refractivity contribution is 6.03. The number of anilines is 1. The molecule has 7 heteroatoms. The van der Waals surface area contributed by atoms with Crippen molar-refractivity contribution in [2.45, 2.75) is 0 Å². The quantitative estimate of drug-likeness (QED) is 0.327. The van der Waals surface area contributed by atoms with Crippen molar-refractivity contribution < 1.29 is 10.0 Å². The molecule has 0 aliphatic rings. The number of amides is 1. The summed E-state index contributed by atoms with van der Waals surface area (Å²) in [4.78, 5) is 11.8. The van der Waals surface area contributed by atoms with Crippen molar-refractivity contribution in [2.75, 3.05) is 5.32 Å². The second-order valence-electron chi connectivity index (χ2n) is 3.89. The summed E-state index contributed by atoms with van der Waals surface area (Å²) in [6.07, 6.45) is 1.69. The third kappa shape index (κ3) is 2.89. The van der Waals surface area contributed by atoms with Gasteiger partial charge in [0.25, 0.3) is 5.91 Å². The molecule has 1 aromatic heterocycles. The van der Waals surface area contributed by atoms with Gasteiger partial charge in [-0.25, -0.2) is 0 Å². The van der Waals surface area contributed by atoms with Crippen LogP contribution in [0.3, 0.4) is 0 Å². The minimum atomic E-state index is -0.294. The van der Waals surface area contributed by atoms with Crippen LogP contribution in [0.4, 0.5) is 5.69 Å². The molecule has 2 aromatic rings. The van der Waals surface area contributed by atoms with Crippen LogP contribution in [0.1, 0.15) is 16.1 Å². The van der Waals surface area contributed by atoms with Gasteiger partial charge < -0.3 is 16.3 Å². The highest BCUT2D eigenvalue weighted by Crippen LogP contribution is 2.10. The summed E-state index contributed by atoms with van der Waals surface area (Å²) in [7, 11) is 1.74. The van der Waals surface area contributed by atoms with E-state index in [2.05, 4.69) is 15.6 Å². The molecule has 0 atom stereocenters. The van der Waals surface area contributed by atoms with E-state index >= 15 is 0 Å². The van der Waals surface area contributed by atoms with Crippen molar-refractivity contribution in [3.05, 3.63) is 47.8 Å². The van der Waals surface area contributed by atoms with Gasteiger partial charge in [0.2, 0.25) is 0 Å². The number of aryl methyl sites for hydroxylation is 1. The van der Waals surface area contributed by atoms with E-state index in [1.54, 1.807) is 48.3 Å². The molecule has 0 radical (unpaired) electrons. The molecule has 2 rings (SSSR count). The number of aromatic nitrogens is 2. The normalized spacial score (nSPS) is 11.3. The van der Waals surface area contributed by atoms with Crippen LogP contribution in [-0.4, -0.2) is 26.7 Å². The van der Waals surface area contributed by atoms with Crippen LogP contribution >= 0.6 is 0 Å². The average Bonchev–Trinajstić information content (AvgIpc) is 2.85. The molecule has 98 valence electrons. The number of hydrogen-bond acceptors (Lipinski definition) is 4. The fraction of sp³-hybridized carbons (Fsp3) is 0.0833. The summed E-state index contributed by atoms with van der Waals surface area (Å²) < 4.78 is 1.55. The van der Waals surface area contributed by atoms with Gasteiger partial charge in [-0.05, 0) is 30.3 Å². The van der Waals surface area contributed by atoms with Gasteiger partial charge in [0, 0.05) is 24.5 Å². The van der Waals surface area contributed by atoms with Crippen molar-refractivity contribution in [1.29, 1.82) is 0 Å². The first-order valence-corrected chi connectivity index (χ1v) is 5.49. The Balaban J connectivity index is 2.10. The SMILES string of the molecule is Cn1ccc(C(=O)Nc2ccc(/C(N)=N/O)cc2)n1. The molecule has 0 aliphatic heterocycles. The summed E-state index contributed by atoms with van der Waals surface area (Å²) in [5.74, 6) is -0.278. The Labute approximate surface area is 109 Å². The number of nitrogens with one attached hydrogen (secondary N) is 1. The standard InChI is InChI=1S/C12H13N5O2/c1-17-7-6-10(15-17)12(18)14-9-4-2-8(3-5-9)11(13)16-19/h2-7,19H,1H3,(H2,13,16)(H,14,18). The van der Waals surface area contributed by atoms with Crippen LogP contribution in [0, 0.1) is 0 Å². The second kappa shape index (κ2) is 5.21. The first kappa shape index (κ1) is 12.6. The van der Waals surface area contributed by atoms with E-state index in [0.29, 0.717) is 16.9 Å². The molecule has 0 unspecified atom stereocenters. The molecule has 19 heavy (non-hydrogen) atoms. The molecule has 1 aromatic carbocycles. The number of carbonyl (C=O) groups excluding carboxylic acids is 1. The molecule has 0 saturated carbocycles. The van der Waals surface area contributed by atoms with Gasteiger partial charge in [-0.2, -0.15) is 5.10 Å². The predicted molar refractivity (Wildman–Crippen MR) is 70.1 cm³/mol. The van der Waals surface area contributed by atoms with Gasteiger partial charge in [-0.3, -0.25) is 9.48 Å². The van der Waals surface area contributed by atoms with Crippen molar-refractivity contribution in [2.24, 2.45) is 17.9 Å². The van der Waals surface area contributed by atoms with Gasteiger partial charge in [-0.15, -0.1) is 0 Å². The van der Waals surface area contributed by atoms with Crippen LogP contribution < -0.4 is 11.1 Å². The molecule has 1 amide bonds. The fourth-order valence-corrected chi connectivity index (χ4v) is 1.51. The van der Waals surface area contributed by atoms with Crippen LogP contribution in [0.5, 0.6) is 0 Å². The maximum absolute atomic E-state index is 11.8. The summed E-state index contributed by atoms with van der Waals surface area (Å²) in [5, 5.41) is 18.1. The van der Waals surface area contributed by atoms with E-state index in [1.165, 1.54) is 0 Å². The Kier molecular flexibility index (Phi) is 3.46. The minimum absolute atomic E-state index is 0.0163. The van der Waals surface area contributed by atoms with Gasteiger partial charge in [0.05, 0.1) is 0 Å². The van der Waals surface area contributed by atoms with Crippen LogP contribution in [0.25, 0.3) is 0 Å². The summed E-state index contributed by atoms with van der Waals surface area (Å²) in [6.45, 7) is 0. The lowest BCUT2D eigenvalue weighted by Crippen LogP contribution is -2.15. The fourth-order valence-electron chi connectivity index (χ4n) is 1.51. The number of carbonyl (C=O) groups is 1. The molecular weight excluding hydrogens is 246 g/mol. The minimum Gasteiger partial charge on any atom is -0.409 e. The lowest BCUT2D eigenvalue weighted by Gasteiger charge is -2.04. The number of benzene rings is 1. The molecule has 0 spiro atoms. The molecule has 0 fully saturated rings. The molecule has 7 nitrogen and oxygen atoms in total. The predicted octanol–water partition coefficient (Wildman–Crippen LogP) is 0.767. The second-order valence-corrected chi connectivity index (χ2v) is 3.89. The number of rotatable bonds is 3. The van der Waals surface area contributed by atoms with E-state index < -0.39 is 0 Å². The van der Waals surface area contributed by atoms with Gasteiger partial charge >= 0.3 is 0 Å². The third-order valence-electron chi connectivity index (χ3n) is 2.49. The van der Waals surface area contributed by atoms with Gasteiger partial charge in [-0.1, -0.05) is 5.16 Å². The van der Waals surface area contributed by atoms with Crippen LogP contribution in [0.15, 0.2) is 41.7 Å². The zero-order valence-corrected chi connectivity index (χ0v) is 10.2. The monoisotopic (exact) mass is 259 g/mol. The molecular formula is C12H13N5O2. The number of oxime groups is 1. The van der Waals surface area contributed by atoms with Crippen molar-refractivity contribution in [3.8, 4) is 0 Å².